The molecule has 0 bridgehead atoms. The van der Waals surface area contributed by atoms with Crippen LogP contribution >= 0.6 is 11.6 Å². The fraction of sp³-hybridized carbons (Fsp3) is 0.207. The van der Waals surface area contributed by atoms with Crippen molar-refractivity contribution >= 4 is 28.4 Å². The first-order valence-corrected chi connectivity index (χ1v) is 12.8. The summed E-state index contributed by atoms with van der Waals surface area (Å²) in [6.45, 7) is 2.27. The number of hydrogen-bond donors (Lipinski definition) is 1. The lowest BCUT2D eigenvalue weighted by atomic mass is 9.87. The lowest BCUT2D eigenvalue weighted by Crippen LogP contribution is -2.03. The Balaban J connectivity index is 1.39. The summed E-state index contributed by atoms with van der Waals surface area (Å²) in [5, 5.41) is 4.67. The number of imidazole rings is 1. The van der Waals surface area contributed by atoms with Gasteiger partial charge in [-0.1, -0.05) is 35.0 Å². The molecule has 0 saturated heterocycles. The normalized spacial score (nSPS) is 16.1. The predicted octanol–water partition coefficient (Wildman–Crippen LogP) is 5.96. The molecule has 4 heterocycles. The van der Waals surface area contributed by atoms with Crippen LogP contribution in [0, 0.1) is 18.7 Å². The van der Waals surface area contributed by atoms with Crippen LogP contribution in [0.25, 0.3) is 16.8 Å². The number of halogens is 2. The van der Waals surface area contributed by atoms with Gasteiger partial charge in [0.1, 0.15) is 23.8 Å². The molecule has 5 aromatic rings. The number of benzene rings is 2. The summed E-state index contributed by atoms with van der Waals surface area (Å²) in [6.07, 6.45) is 4.53. The van der Waals surface area contributed by atoms with Gasteiger partial charge >= 0.3 is 5.76 Å². The minimum atomic E-state index is -0.608. The smallest absolute Gasteiger partial charge is 0.439 e. The van der Waals surface area contributed by atoms with E-state index in [1.807, 2.05) is 25.3 Å². The minimum absolute atomic E-state index is 0.210. The first-order chi connectivity index (χ1) is 18.4. The molecular weight excluding hydrogens is 507 g/mol. The van der Waals surface area contributed by atoms with Crippen LogP contribution in [0.15, 0.2) is 64.0 Å². The number of fused-ring (bicyclic) bond motifs is 3. The van der Waals surface area contributed by atoms with E-state index in [-0.39, 0.29) is 18.3 Å². The minimum Gasteiger partial charge on any atom is -0.488 e. The van der Waals surface area contributed by atoms with Crippen molar-refractivity contribution in [3.05, 3.63) is 116 Å². The molecule has 190 valence electrons. The Labute approximate surface area is 221 Å². The molecule has 1 N–H and O–H groups in total. The second-order valence-corrected chi connectivity index (χ2v) is 10.3. The summed E-state index contributed by atoms with van der Waals surface area (Å²) < 4.78 is 27.3. The number of allylic oxidation sites excluding steroid dienone is 1. The molecule has 1 aliphatic carbocycles. The number of nitrogens with zero attached hydrogens (tertiary/aromatic N) is 3. The zero-order chi connectivity index (χ0) is 26.0. The predicted molar refractivity (Wildman–Crippen MR) is 141 cm³/mol. The number of aromatic nitrogens is 4. The Morgan fingerprint density at radius 3 is 2.79 bits per heavy atom. The van der Waals surface area contributed by atoms with Crippen LogP contribution in [0.4, 0.5) is 4.39 Å². The van der Waals surface area contributed by atoms with E-state index in [0.29, 0.717) is 23.0 Å². The van der Waals surface area contributed by atoms with Gasteiger partial charge in [-0.15, -0.1) is 0 Å². The van der Waals surface area contributed by atoms with Crippen LogP contribution in [0.1, 0.15) is 52.3 Å². The number of ether oxygens (including phenoxy) is 1. The van der Waals surface area contributed by atoms with Gasteiger partial charge in [-0.25, -0.2) is 14.2 Å². The molecule has 1 saturated carbocycles. The van der Waals surface area contributed by atoms with Crippen molar-refractivity contribution in [2.24, 2.45) is 5.92 Å². The first-order valence-electron chi connectivity index (χ1n) is 12.4. The topological polar surface area (TPSA) is 85.4 Å². The zero-order valence-corrected chi connectivity index (χ0v) is 21.2. The van der Waals surface area contributed by atoms with E-state index >= 15 is 0 Å². The summed E-state index contributed by atoms with van der Waals surface area (Å²) in [5.74, 6) is 0.0850. The monoisotopic (exact) mass is 528 g/mol. The number of aryl methyl sites for hydroxylation is 1. The highest BCUT2D eigenvalue weighted by molar-refractivity contribution is 6.30. The number of pyridine rings is 1. The van der Waals surface area contributed by atoms with Crippen LogP contribution in [-0.2, 0) is 13.0 Å². The molecule has 1 aliphatic heterocycles. The van der Waals surface area contributed by atoms with Gasteiger partial charge in [-0.2, -0.15) is 0 Å². The Bertz CT molecular complexity index is 1830. The number of nitrogens with one attached hydrogen (secondary N) is 1. The van der Waals surface area contributed by atoms with Gasteiger partial charge in [-0.3, -0.25) is 9.51 Å². The molecule has 7 nitrogen and oxygen atoms in total. The maximum absolute atomic E-state index is 14.3. The highest BCUT2D eigenvalue weighted by Gasteiger charge is 2.35. The lowest BCUT2D eigenvalue weighted by Gasteiger charge is -2.16. The molecule has 1 fully saturated rings. The van der Waals surface area contributed by atoms with E-state index in [4.69, 9.17) is 20.9 Å². The van der Waals surface area contributed by atoms with Crippen molar-refractivity contribution in [1.29, 1.82) is 0 Å². The average Bonchev–Trinajstić information content (AvgIpc) is 3.60. The second kappa shape index (κ2) is 8.70. The molecule has 9 heteroatoms. The number of aromatic amines is 1. The average molecular weight is 529 g/mol. The number of hydrogen-bond acceptors (Lipinski definition) is 5. The largest absolute Gasteiger partial charge is 0.488 e. The molecule has 0 amide bonds. The molecule has 38 heavy (non-hydrogen) atoms. The van der Waals surface area contributed by atoms with Gasteiger partial charge in [-0.05, 0) is 60.6 Å². The fourth-order valence-electron chi connectivity index (χ4n) is 5.36. The maximum Gasteiger partial charge on any atom is 0.439 e. The number of rotatable bonds is 4. The van der Waals surface area contributed by atoms with E-state index in [1.54, 1.807) is 6.07 Å². The molecule has 0 spiro atoms. The quantitative estimate of drug-likeness (QED) is 0.311. The van der Waals surface area contributed by atoms with Crippen LogP contribution in [0.2, 0.25) is 5.02 Å². The molecule has 2 aromatic carbocycles. The maximum atomic E-state index is 14.3. The molecule has 0 atom stereocenters. The first kappa shape index (κ1) is 23.0. The third kappa shape index (κ3) is 3.92. The van der Waals surface area contributed by atoms with Crippen LogP contribution in [-0.4, -0.2) is 19.5 Å². The third-order valence-corrected chi connectivity index (χ3v) is 7.48. The van der Waals surface area contributed by atoms with Gasteiger partial charge in [0, 0.05) is 52.2 Å². The Morgan fingerprint density at radius 2 is 2.00 bits per heavy atom. The van der Waals surface area contributed by atoms with Gasteiger partial charge < -0.3 is 9.14 Å². The standard InChI is InChI=1S/C29H22ClFN4O3/c1-15-23(35-9-8-19(30)12-25(35)32-15)11-16-2-6-21-18(10-16)14-37-24-13-20(31)5-7-22(24)27(21)26(17-3-4-17)28-33-29(36)38-34-28/h2,5-10,12-13,17H,3-4,11,14H2,1H3,(H,33,34,36)/b27-26-. The van der Waals surface area contributed by atoms with E-state index in [1.165, 1.54) is 12.1 Å². The Kier molecular flexibility index (Phi) is 5.26. The SMILES string of the molecule is Cc1nc2cc(Cl)ccn2c1Cc1ccc2c(c1)COc1cc(F)ccc1/C2=C(\c1noc(=O)[nH]1)C1CC1. The summed E-state index contributed by atoms with van der Waals surface area (Å²) in [5.41, 5.74) is 8.37. The van der Waals surface area contributed by atoms with Crippen molar-refractivity contribution in [3.63, 3.8) is 0 Å². The summed E-state index contributed by atoms with van der Waals surface area (Å²) in [4.78, 5) is 19.3. The highest BCUT2D eigenvalue weighted by atomic mass is 35.5. The Morgan fingerprint density at radius 1 is 1.16 bits per heavy atom. The van der Waals surface area contributed by atoms with Gasteiger partial charge in [0.05, 0.1) is 5.69 Å². The lowest BCUT2D eigenvalue weighted by molar-refractivity contribution is 0.305. The Hall–Kier alpha value is -4.17. The van der Waals surface area contributed by atoms with Gasteiger partial charge in [0.2, 0.25) is 0 Å². The second-order valence-electron chi connectivity index (χ2n) is 9.82. The molecule has 0 unspecified atom stereocenters. The van der Waals surface area contributed by atoms with Crippen molar-refractivity contribution < 1.29 is 13.7 Å². The molecule has 0 radical (unpaired) electrons. The molecule has 3 aromatic heterocycles. The van der Waals surface area contributed by atoms with E-state index in [2.05, 4.69) is 37.7 Å². The van der Waals surface area contributed by atoms with E-state index in [9.17, 15) is 9.18 Å². The van der Waals surface area contributed by atoms with Crippen molar-refractivity contribution in [2.45, 2.75) is 32.8 Å². The summed E-state index contributed by atoms with van der Waals surface area (Å²) in [6, 6.07) is 14.6. The van der Waals surface area contributed by atoms with Crippen LogP contribution < -0.4 is 10.5 Å². The number of H-pyrrole nitrogens is 1. The van der Waals surface area contributed by atoms with Crippen molar-refractivity contribution in [3.8, 4) is 5.75 Å². The molecule has 2 aliphatic rings. The van der Waals surface area contributed by atoms with Gasteiger partial charge in [0.25, 0.3) is 0 Å². The summed E-state index contributed by atoms with van der Waals surface area (Å²) in [7, 11) is 0. The van der Waals surface area contributed by atoms with Gasteiger partial charge in [0.15, 0.2) is 5.82 Å². The van der Waals surface area contributed by atoms with Crippen LogP contribution in [0.3, 0.4) is 0 Å². The third-order valence-electron chi connectivity index (χ3n) is 7.24. The van der Waals surface area contributed by atoms with E-state index < -0.39 is 5.76 Å². The highest BCUT2D eigenvalue weighted by Crippen LogP contribution is 2.49. The van der Waals surface area contributed by atoms with Crippen molar-refractivity contribution in [2.75, 3.05) is 0 Å². The van der Waals surface area contributed by atoms with Crippen LogP contribution in [0.5, 0.6) is 5.75 Å². The van der Waals surface area contributed by atoms with Crippen molar-refractivity contribution in [1.82, 2.24) is 19.5 Å². The molecular formula is C29H22ClFN4O3. The summed E-state index contributed by atoms with van der Waals surface area (Å²) >= 11 is 6.17. The molecule has 7 rings (SSSR count). The zero-order valence-electron chi connectivity index (χ0n) is 20.4. The van der Waals surface area contributed by atoms with E-state index in [0.717, 1.165) is 63.3 Å². The fourth-order valence-corrected chi connectivity index (χ4v) is 5.52.